The van der Waals surface area contributed by atoms with Crippen LogP contribution in [0.3, 0.4) is 0 Å². The molecule has 0 aromatic heterocycles. The highest BCUT2D eigenvalue weighted by Crippen LogP contribution is 2.27. The van der Waals surface area contributed by atoms with Gasteiger partial charge in [-0.05, 0) is 43.9 Å². The highest BCUT2D eigenvalue weighted by molar-refractivity contribution is 5.85. The molecule has 4 nitrogen and oxygen atoms in total. The molecule has 1 saturated carbocycles. The lowest BCUT2D eigenvalue weighted by Gasteiger charge is -2.18. The Labute approximate surface area is 137 Å². The molecule has 1 atom stereocenters. The molecule has 1 unspecified atom stereocenters. The van der Waals surface area contributed by atoms with Gasteiger partial charge in [0.1, 0.15) is 17.7 Å². The number of halogens is 2. The van der Waals surface area contributed by atoms with Gasteiger partial charge in [-0.25, -0.2) is 4.39 Å². The predicted molar refractivity (Wildman–Crippen MR) is 87.0 cm³/mol. The van der Waals surface area contributed by atoms with Crippen LogP contribution in [0, 0.1) is 11.7 Å². The molecular formula is C16H24ClFN2O2. The average Bonchev–Trinajstić information content (AvgIpc) is 3.27. The summed E-state index contributed by atoms with van der Waals surface area (Å²) in [5, 5.41) is 5.99. The molecule has 0 aliphatic heterocycles. The second kappa shape index (κ2) is 9.64. The SMILES string of the molecule is CCC(CNC(=O)CNCC1CC1)Oc1cccc(F)c1.Cl. The molecule has 1 aliphatic carbocycles. The van der Waals surface area contributed by atoms with E-state index in [0.29, 0.717) is 18.8 Å². The van der Waals surface area contributed by atoms with Crippen LogP contribution in [-0.4, -0.2) is 31.6 Å². The molecule has 6 heteroatoms. The van der Waals surface area contributed by atoms with Crippen molar-refractivity contribution in [3.8, 4) is 5.75 Å². The molecule has 2 rings (SSSR count). The Morgan fingerprint density at radius 1 is 1.45 bits per heavy atom. The maximum absolute atomic E-state index is 13.1. The summed E-state index contributed by atoms with van der Waals surface area (Å²) in [5.74, 6) is 0.896. The number of ether oxygens (including phenoxy) is 1. The summed E-state index contributed by atoms with van der Waals surface area (Å²) >= 11 is 0. The van der Waals surface area contributed by atoms with Crippen LogP contribution in [0.1, 0.15) is 26.2 Å². The first-order chi connectivity index (χ1) is 10.2. The van der Waals surface area contributed by atoms with Crippen molar-refractivity contribution in [1.82, 2.24) is 10.6 Å². The van der Waals surface area contributed by atoms with Gasteiger partial charge in [-0.15, -0.1) is 12.4 Å². The minimum atomic E-state index is -0.323. The van der Waals surface area contributed by atoms with Crippen LogP contribution in [0.5, 0.6) is 5.75 Å². The molecule has 1 aromatic carbocycles. The number of rotatable bonds is 9. The Morgan fingerprint density at radius 2 is 2.23 bits per heavy atom. The number of carbonyl (C=O) groups is 1. The third kappa shape index (κ3) is 7.09. The number of amides is 1. The Morgan fingerprint density at radius 3 is 2.86 bits per heavy atom. The average molecular weight is 331 g/mol. The van der Waals surface area contributed by atoms with E-state index < -0.39 is 0 Å². The zero-order valence-corrected chi connectivity index (χ0v) is 13.6. The van der Waals surface area contributed by atoms with Crippen LogP contribution >= 0.6 is 12.4 Å². The molecular weight excluding hydrogens is 307 g/mol. The third-order valence-corrected chi connectivity index (χ3v) is 3.50. The van der Waals surface area contributed by atoms with E-state index in [1.807, 2.05) is 6.92 Å². The van der Waals surface area contributed by atoms with E-state index in [-0.39, 0.29) is 30.2 Å². The van der Waals surface area contributed by atoms with Gasteiger partial charge in [-0.3, -0.25) is 4.79 Å². The molecule has 1 aliphatic rings. The molecule has 22 heavy (non-hydrogen) atoms. The van der Waals surface area contributed by atoms with Gasteiger partial charge < -0.3 is 15.4 Å². The van der Waals surface area contributed by atoms with Gasteiger partial charge >= 0.3 is 0 Å². The Bertz CT molecular complexity index is 469. The second-order valence-corrected chi connectivity index (χ2v) is 5.48. The molecule has 1 amide bonds. The maximum atomic E-state index is 13.1. The summed E-state index contributed by atoms with van der Waals surface area (Å²) in [6.45, 7) is 3.66. The number of nitrogens with one attached hydrogen (secondary N) is 2. The third-order valence-electron chi connectivity index (χ3n) is 3.50. The Hall–Kier alpha value is -1.33. The molecule has 0 spiro atoms. The van der Waals surface area contributed by atoms with Gasteiger partial charge in [-0.1, -0.05) is 13.0 Å². The van der Waals surface area contributed by atoms with Crippen molar-refractivity contribution in [3.63, 3.8) is 0 Å². The van der Waals surface area contributed by atoms with Crippen molar-refractivity contribution in [2.24, 2.45) is 5.92 Å². The first kappa shape index (κ1) is 18.7. The van der Waals surface area contributed by atoms with E-state index in [2.05, 4.69) is 10.6 Å². The number of hydrogen-bond acceptors (Lipinski definition) is 3. The lowest BCUT2D eigenvalue weighted by molar-refractivity contribution is -0.120. The van der Waals surface area contributed by atoms with E-state index in [1.54, 1.807) is 12.1 Å². The molecule has 2 N–H and O–H groups in total. The standard InChI is InChI=1S/C16H23FN2O2.ClH/c1-2-14(21-15-5-3-4-13(17)8-15)10-19-16(20)11-18-9-12-6-7-12;/h3-5,8,12,14,18H,2,6-7,9-11H2,1H3,(H,19,20);1H. The maximum Gasteiger partial charge on any atom is 0.234 e. The highest BCUT2D eigenvalue weighted by atomic mass is 35.5. The largest absolute Gasteiger partial charge is 0.489 e. The Kier molecular flexibility index (Phi) is 8.20. The van der Waals surface area contributed by atoms with Crippen LogP contribution < -0.4 is 15.4 Å². The zero-order valence-electron chi connectivity index (χ0n) is 12.8. The van der Waals surface area contributed by atoms with Crippen molar-refractivity contribution in [1.29, 1.82) is 0 Å². The summed E-state index contributed by atoms with van der Waals surface area (Å²) in [6.07, 6.45) is 3.13. The fourth-order valence-electron chi connectivity index (χ4n) is 2.00. The van der Waals surface area contributed by atoms with Gasteiger partial charge in [-0.2, -0.15) is 0 Å². The summed E-state index contributed by atoms with van der Waals surface area (Å²) in [6, 6.07) is 6.05. The molecule has 0 bridgehead atoms. The normalized spacial score (nSPS) is 14.8. The van der Waals surface area contributed by atoms with Crippen LogP contribution in [-0.2, 0) is 4.79 Å². The first-order valence-electron chi connectivity index (χ1n) is 7.57. The van der Waals surface area contributed by atoms with E-state index >= 15 is 0 Å². The van der Waals surface area contributed by atoms with Gasteiger partial charge in [0.05, 0.1) is 13.1 Å². The number of benzene rings is 1. The molecule has 0 saturated heterocycles. The second-order valence-electron chi connectivity index (χ2n) is 5.48. The van der Waals surface area contributed by atoms with Gasteiger partial charge in [0.2, 0.25) is 5.91 Å². The topological polar surface area (TPSA) is 50.4 Å². The summed E-state index contributed by atoms with van der Waals surface area (Å²) in [4.78, 5) is 11.7. The van der Waals surface area contributed by atoms with Crippen molar-refractivity contribution >= 4 is 18.3 Å². The molecule has 1 fully saturated rings. The number of hydrogen-bond donors (Lipinski definition) is 2. The highest BCUT2D eigenvalue weighted by Gasteiger charge is 2.20. The van der Waals surface area contributed by atoms with Crippen LogP contribution in [0.4, 0.5) is 4.39 Å². The van der Waals surface area contributed by atoms with Crippen molar-refractivity contribution in [3.05, 3.63) is 30.1 Å². The van der Waals surface area contributed by atoms with Crippen molar-refractivity contribution < 1.29 is 13.9 Å². The van der Waals surface area contributed by atoms with Gasteiger partial charge in [0.25, 0.3) is 0 Å². The van der Waals surface area contributed by atoms with Crippen LogP contribution in [0.15, 0.2) is 24.3 Å². The fraction of sp³-hybridized carbons (Fsp3) is 0.562. The quantitative estimate of drug-likeness (QED) is 0.731. The van der Waals surface area contributed by atoms with Gasteiger partial charge in [0.15, 0.2) is 0 Å². The van der Waals surface area contributed by atoms with E-state index in [4.69, 9.17) is 4.74 Å². The van der Waals surface area contributed by atoms with Gasteiger partial charge in [0, 0.05) is 6.07 Å². The monoisotopic (exact) mass is 330 g/mol. The van der Waals surface area contributed by atoms with Crippen LogP contribution in [0.2, 0.25) is 0 Å². The molecule has 1 aromatic rings. The van der Waals surface area contributed by atoms with Crippen molar-refractivity contribution in [2.75, 3.05) is 19.6 Å². The first-order valence-corrected chi connectivity index (χ1v) is 7.57. The van der Waals surface area contributed by atoms with E-state index in [9.17, 15) is 9.18 Å². The smallest absolute Gasteiger partial charge is 0.234 e. The molecule has 0 radical (unpaired) electrons. The fourth-order valence-corrected chi connectivity index (χ4v) is 2.00. The minimum Gasteiger partial charge on any atom is -0.489 e. The summed E-state index contributed by atoms with van der Waals surface area (Å²) in [7, 11) is 0. The molecule has 0 heterocycles. The molecule has 124 valence electrons. The summed E-state index contributed by atoms with van der Waals surface area (Å²) < 4.78 is 18.8. The lowest BCUT2D eigenvalue weighted by atomic mass is 10.2. The lowest BCUT2D eigenvalue weighted by Crippen LogP contribution is -2.40. The van der Waals surface area contributed by atoms with E-state index in [1.165, 1.54) is 25.0 Å². The van der Waals surface area contributed by atoms with Crippen LogP contribution in [0.25, 0.3) is 0 Å². The zero-order chi connectivity index (χ0) is 15.1. The predicted octanol–water partition coefficient (Wildman–Crippen LogP) is 2.52. The number of carbonyl (C=O) groups excluding carboxylic acids is 1. The van der Waals surface area contributed by atoms with E-state index in [0.717, 1.165) is 18.9 Å². The minimum absolute atomic E-state index is 0. The Balaban J connectivity index is 0.00000242. The van der Waals surface area contributed by atoms with Crippen molar-refractivity contribution in [2.45, 2.75) is 32.3 Å². The summed E-state index contributed by atoms with van der Waals surface area (Å²) in [5.41, 5.74) is 0.